The molecule has 1 heterocycles. The van der Waals surface area contributed by atoms with Crippen molar-refractivity contribution < 1.29 is 18.7 Å². The minimum absolute atomic E-state index is 0.0486. The van der Waals surface area contributed by atoms with Crippen LogP contribution in [0.1, 0.15) is 12.8 Å². The smallest absolute Gasteiger partial charge is 0.321 e. The van der Waals surface area contributed by atoms with Crippen molar-refractivity contribution in [1.29, 1.82) is 0 Å². The first-order valence-electron chi connectivity index (χ1n) is 5.75. The van der Waals surface area contributed by atoms with Crippen molar-refractivity contribution >= 4 is 11.7 Å². The van der Waals surface area contributed by atoms with Crippen LogP contribution in [0.2, 0.25) is 0 Å². The van der Waals surface area contributed by atoms with Crippen LogP contribution in [0.4, 0.5) is 19.3 Å². The Bertz CT molecular complexity index is 446. The molecule has 0 saturated carbocycles. The number of rotatable bonds is 1. The van der Waals surface area contributed by atoms with Crippen molar-refractivity contribution in [3.8, 4) is 0 Å². The summed E-state index contributed by atoms with van der Waals surface area (Å²) in [5.41, 5.74) is -0.0486. The molecule has 0 unspecified atom stereocenters. The van der Waals surface area contributed by atoms with Gasteiger partial charge < -0.3 is 15.3 Å². The van der Waals surface area contributed by atoms with Gasteiger partial charge in [-0.05, 0) is 25.0 Å². The Balaban J connectivity index is 1.98. The van der Waals surface area contributed by atoms with E-state index in [1.807, 2.05) is 0 Å². The van der Waals surface area contributed by atoms with Crippen LogP contribution in [0.3, 0.4) is 0 Å². The molecule has 1 aromatic rings. The van der Waals surface area contributed by atoms with E-state index in [0.717, 1.165) is 12.1 Å². The fourth-order valence-corrected chi connectivity index (χ4v) is 1.85. The summed E-state index contributed by atoms with van der Waals surface area (Å²) in [6.45, 7) is 0.853. The summed E-state index contributed by atoms with van der Waals surface area (Å²) in [6, 6.07) is 2.54. The SMILES string of the molecule is O=C(Nc1ccc(F)cc1F)N1CCC(O)CC1. The Morgan fingerprint density at radius 1 is 1.33 bits per heavy atom. The molecule has 0 aromatic heterocycles. The van der Waals surface area contributed by atoms with Gasteiger partial charge in [-0.1, -0.05) is 0 Å². The molecule has 2 N–H and O–H groups in total. The number of aliphatic hydroxyl groups is 1. The second kappa shape index (κ2) is 5.30. The molecule has 2 rings (SSSR count). The molecule has 1 aliphatic heterocycles. The molecule has 0 spiro atoms. The van der Waals surface area contributed by atoms with Crippen molar-refractivity contribution in [2.24, 2.45) is 0 Å². The topological polar surface area (TPSA) is 52.6 Å². The van der Waals surface area contributed by atoms with Crippen LogP contribution in [-0.4, -0.2) is 35.2 Å². The maximum absolute atomic E-state index is 13.3. The normalized spacial score (nSPS) is 16.7. The Morgan fingerprint density at radius 3 is 2.61 bits per heavy atom. The van der Waals surface area contributed by atoms with E-state index in [4.69, 9.17) is 0 Å². The lowest BCUT2D eigenvalue weighted by Crippen LogP contribution is -2.42. The number of hydrogen-bond donors (Lipinski definition) is 2. The van der Waals surface area contributed by atoms with E-state index in [9.17, 15) is 18.7 Å². The number of amides is 2. The molecule has 0 aliphatic carbocycles. The molecular formula is C12H14F2N2O2. The maximum atomic E-state index is 13.3. The predicted molar refractivity (Wildman–Crippen MR) is 62.2 cm³/mol. The van der Waals surface area contributed by atoms with Crippen molar-refractivity contribution in [3.63, 3.8) is 0 Å². The first kappa shape index (κ1) is 12.8. The van der Waals surface area contributed by atoms with Gasteiger partial charge in [0.1, 0.15) is 11.6 Å². The number of nitrogens with one attached hydrogen (secondary N) is 1. The Kier molecular flexibility index (Phi) is 3.76. The minimum Gasteiger partial charge on any atom is -0.393 e. The first-order chi connectivity index (χ1) is 8.56. The van der Waals surface area contributed by atoms with Crippen LogP contribution in [0.25, 0.3) is 0 Å². The number of piperidine rings is 1. The summed E-state index contributed by atoms with van der Waals surface area (Å²) < 4.78 is 26.0. The molecule has 0 bridgehead atoms. The van der Waals surface area contributed by atoms with Crippen LogP contribution < -0.4 is 5.32 Å². The number of urea groups is 1. The maximum Gasteiger partial charge on any atom is 0.321 e. The third kappa shape index (κ3) is 2.95. The summed E-state index contributed by atoms with van der Waals surface area (Å²) in [6.07, 6.45) is 0.648. The average molecular weight is 256 g/mol. The van der Waals surface area contributed by atoms with Crippen LogP contribution >= 0.6 is 0 Å². The van der Waals surface area contributed by atoms with Crippen molar-refractivity contribution in [2.75, 3.05) is 18.4 Å². The monoisotopic (exact) mass is 256 g/mol. The molecule has 18 heavy (non-hydrogen) atoms. The fraction of sp³-hybridized carbons (Fsp3) is 0.417. The third-order valence-corrected chi connectivity index (χ3v) is 2.92. The van der Waals surface area contributed by atoms with Gasteiger partial charge in [0.2, 0.25) is 0 Å². The van der Waals surface area contributed by atoms with Gasteiger partial charge in [-0.2, -0.15) is 0 Å². The van der Waals surface area contributed by atoms with Gasteiger partial charge in [0, 0.05) is 19.2 Å². The van der Waals surface area contributed by atoms with E-state index in [0.29, 0.717) is 25.9 Å². The molecule has 1 saturated heterocycles. The van der Waals surface area contributed by atoms with Crippen molar-refractivity contribution in [2.45, 2.75) is 18.9 Å². The summed E-state index contributed by atoms with van der Waals surface area (Å²) in [4.78, 5) is 13.3. The van der Waals surface area contributed by atoms with E-state index < -0.39 is 17.7 Å². The molecule has 1 aromatic carbocycles. The molecule has 0 atom stereocenters. The predicted octanol–water partition coefficient (Wildman–Crippen LogP) is 1.95. The Labute approximate surface area is 103 Å². The largest absolute Gasteiger partial charge is 0.393 e. The number of carbonyl (C=O) groups is 1. The number of nitrogens with zero attached hydrogens (tertiary/aromatic N) is 1. The highest BCUT2D eigenvalue weighted by atomic mass is 19.1. The van der Waals surface area contributed by atoms with E-state index in [2.05, 4.69) is 5.32 Å². The standard InChI is InChI=1S/C12H14F2N2O2/c13-8-1-2-11(10(14)7-8)15-12(18)16-5-3-9(17)4-6-16/h1-2,7,9,17H,3-6H2,(H,15,18). The summed E-state index contributed by atoms with van der Waals surface area (Å²) in [5.74, 6) is -1.49. The average Bonchev–Trinajstić information content (AvgIpc) is 2.33. The molecule has 98 valence electrons. The van der Waals surface area contributed by atoms with E-state index in [-0.39, 0.29) is 11.8 Å². The van der Waals surface area contributed by atoms with Crippen LogP contribution in [-0.2, 0) is 0 Å². The molecule has 0 radical (unpaired) electrons. The molecule has 2 amide bonds. The van der Waals surface area contributed by atoms with Gasteiger partial charge in [0.15, 0.2) is 0 Å². The fourth-order valence-electron chi connectivity index (χ4n) is 1.85. The van der Waals surface area contributed by atoms with Gasteiger partial charge in [0.25, 0.3) is 0 Å². The number of benzene rings is 1. The number of likely N-dealkylation sites (tertiary alicyclic amines) is 1. The van der Waals surface area contributed by atoms with Gasteiger partial charge >= 0.3 is 6.03 Å². The summed E-state index contributed by atoms with van der Waals surface area (Å²) >= 11 is 0. The quantitative estimate of drug-likeness (QED) is 0.807. The highest BCUT2D eigenvalue weighted by molar-refractivity contribution is 5.89. The lowest BCUT2D eigenvalue weighted by Gasteiger charge is -2.29. The number of anilines is 1. The van der Waals surface area contributed by atoms with Gasteiger partial charge in [-0.15, -0.1) is 0 Å². The van der Waals surface area contributed by atoms with Gasteiger partial charge in [-0.25, -0.2) is 13.6 Å². The summed E-state index contributed by atoms with van der Waals surface area (Å²) in [5, 5.41) is 11.7. The zero-order chi connectivity index (χ0) is 13.1. The van der Waals surface area contributed by atoms with Gasteiger partial charge in [0.05, 0.1) is 11.8 Å². The van der Waals surface area contributed by atoms with E-state index >= 15 is 0 Å². The number of aliphatic hydroxyl groups excluding tert-OH is 1. The number of hydrogen-bond acceptors (Lipinski definition) is 2. The van der Waals surface area contributed by atoms with Crippen LogP contribution in [0, 0.1) is 11.6 Å². The minimum atomic E-state index is -0.805. The molecule has 4 nitrogen and oxygen atoms in total. The second-order valence-corrected chi connectivity index (χ2v) is 4.27. The third-order valence-electron chi connectivity index (χ3n) is 2.92. The Hall–Kier alpha value is -1.69. The first-order valence-corrected chi connectivity index (χ1v) is 5.75. The van der Waals surface area contributed by atoms with Crippen molar-refractivity contribution in [1.82, 2.24) is 4.90 Å². The zero-order valence-corrected chi connectivity index (χ0v) is 9.70. The highest BCUT2D eigenvalue weighted by Crippen LogP contribution is 2.17. The summed E-state index contributed by atoms with van der Waals surface area (Å²) in [7, 11) is 0. The van der Waals surface area contributed by atoms with Crippen LogP contribution in [0.15, 0.2) is 18.2 Å². The number of halogens is 2. The van der Waals surface area contributed by atoms with Crippen molar-refractivity contribution in [3.05, 3.63) is 29.8 Å². The Morgan fingerprint density at radius 2 is 2.00 bits per heavy atom. The molecule has 1 fully saturated rings. The molecule has 6 heteroatoms. The highest BCUT2D eigenvalue weighted by Gasteiger charge is 2.21. The lowest BCUT2D eigenvalue weighted by molar-refractivity contribution is 0.0972. The van der Waals surface area contributed by atoms with Crippen LogP contribution in [0.5, 0.6) is 0 Å². The van der Waals surface area contributed by atoms with Gasteiger partial charge in [-0.3, -0.25) is 0 Å². The van der Waals surface area contributed by atoms with E-state index in [1.165, 1.54) is 11.0 Å². The lowest BCUT2D eigenvalue weighted by atomic mass is 10.1. The molecule has 1 aliphatic rings. The van der Waals surface area contributed by atoms with E-state index in [1.54, 1.807) is 0 Å². The number of carbonyl (C=O) groups excluding carboxylic acids is 1. The zero-order valence-electron chi connectivity index (χ0n) is 9.70. The molecular weight excluding hydrogens is 242 g/mol. The second-order valence-electron chi connectivity index (χ2n) is 4.27.